The molecule has 3 heterocycles. The number of aryl methyl sites for hydroxylation is 2. The Morgan fingerprint density at radius 2 is 2.12 bits per heavy atom. The van der Waals surface area contributed by atoms with E-state index in [0.29, 0.717) is 31.0 Å². The number of anilines is 1. The zero-order chi connectivity index (χ0) is 17.3. The summed E-state index contributed by atoms with van der Waals surface area (Å²) in [6.45, 7) is 7.62. The van der Waals surface area contributed by atoms with Crippen molar-refractivity contribution in [1.82, 2.24) is 20.0 Å². The largest absolute Gasteiger partial charge is 0.349 e. The van der Waals surface area contributed by atoms with Gasteiger partial charge < -0.3 is 4.90 Å². The van der Waals surface area contributed by atoms with E-state index >= 15 is 0 Å². The normalized spacial score (nSPS) is 13.5. The standard InChI is InChI=1S/C17H20N6O/c1-4-6-23-16(24)8-13-10-22(7-5-15(13)21-23)17-14(9-18)11(2)12(3)19-20-17/h8H,4-7,10H2,1-3H3. The van der Waals surface area contributed by atoms with Gasteiger partial charge in [-0.3, -0.25) is 4.79 Å². The molecular formula is C17H20N6O. The summed E-state index contributed by atoms with van der Waals surface area (Å²) in [4.78, 5) is 14.2. The quantitative estimate of drug-likeness (QED) is 0.850. The monoisotopic (exact) mass is 324 g/mol. The molecule has 24 heavy (non-hydrogen) atoms. The van der Waals surface area contributed by atoms with Crippen LogP contribution in [0.3, 0.4) is 0 Å². The van der Waals surface area contributed by atoms with E-state index in [0.717, 1.165) is 35.4 Å². The third kappa shape index (κ3) is 2.75. The maximum atomic E-state index is 12.1. The van der Waals surface area contributed by atoms with Gasteiger partial charge >= 0.3 is 0 Å². The Labute approximate surface area is 140 Å². The van der Waals surface area contributed by atoms with Crippen LogP contribution in [-0.4, -0.2) is 26.5 Å². The molecule has 0 aromatic carbocycles. The van der Waals surface area contributed by atoms with Crippen LogP contribution in [0.1, 0.15) is 41.4 Å². The zero-order valence-corrected chi connectivity index (χ0v) is 14.2. The fourth-order valence-corrected chi connectivity index (χ4v) is 2.94. The van der Waals surface area contributed by atoms with Crippen LogP contribution in [-0.2, 0) is 19.5 Å². The molecule has 2 aromatic heterocycles. The van der Waals surface area contributed by atoms with Crippen molar-refractivity contribution >= 4 is 5.82 Å². The molecule has 0 saturated carbocycles. The van der Waals surface area contributed by atoms with Crippen LogP contribution in [0, 0.1) is 25.2 Å². The Balaban J connectivity index is 1.97. The van der Waals surface area contributed by atoms with Crippen molar-refractivity contribution in [3.63, 3.8) is 0 Å². The number of fused-ring (bicyclic) bond motifs is 1. The molecule has 0 fully saturated rings. The average molecular weight is 324 g/mol. The number of aromatic nitrogens is 4. The fourth-order valence-electron chi connectivity index (χ4n) is 2.94. The van der Waals surface area contributed by atoms with E-state index in [1.54, 1.807) is 6.07 Å². The van der Waals surface area contributed by atoms with Gasteiger partial charge in [0.15, 0.2) is 5.82 Å². The summed E-state index contributed by atoms with van der Waals surface area (Å²) in [6, 6.07) is 3.89. The van der Waals surface area contributed by atoms with Crippen LogP contribution < -0.4 is 10.5 Å². The van der Waals surface area contributed by atoms with Gasteiger partial charge in [0.25, 0.3) is 5.56 Å². The number of hydrogen-bond donors (Lipinski definition) is 0. The first-order valence-corrected chi connectivity index (χ1v) is 8.14. The molecule has 124 valence electrons. The minimum Gasteiger partial charge on any atom is -0.349 e. The lowest BCUT2D eigenvalue weighted by atomic mass is 10.0. The molecule has 7 nitrogen and oxygen atoms in total. The van der Waals surface area contributed by atoms with E-state index in [9.17, 15) is 10.1 Å². The third-order valence-corrected chi connectivity index (χ3v) is 4.43. The molecule has 0 amide bonds. The van der Waals surface area contributed by atoms with Crippen LogP contribution in [0.2, 0.25) is 0 Å². The van der Waals surface area contributed by atoms with Crippen molar-refractivity contribution in [2.24, 2.45) is 0 Å². The minimum absolute atomic E-state index is 0.0795. The predicted molar refractivity (Wildman–Crippen MR) is 89.8 cm³/mol. The first-order valence-electron chi connectivity index (χ1n) is 8.14. The summed E-state index contributed by atoms with van der Waals surface area (Å²) in [7, 11) is 0. The van der Waals surface area contributed by atoms with Crippen molar-refractivity contribution in [3.05, 3.63) is 44.5 Å². The van der Waals surface area contributed by atoms with Crippen molar-refractivity contribution < 1.29 is 0 Å². The SMILES string of the molecule is CCCn1nc2c(cc1=O)CN(c1nnc(C)c(C)c1C#N)CC2. The summed E-state index contributed by atoms with van der Waals surface area (Å²) >= 11 is 0. The molecule has 0 atom stereocenters. The fraction of sp³-hybridized carbons (Fsp3) is 0.471. The third-order valence-electron chi connectivity index (χ3n) is 4.43. The van der Waals surface area contributed by atoms with Gasteiger partial charge in [0.05, 0.1) is 11.4 Å². The molecule has 0 aliphatic carbocycles. The highest BCUT2D eigenvalue weighted by Crippen LogP contribution is 2.26. The van der Waals surface area contributed by atoms with Gasteiger partial charge in [-0.25, -0.2) is 4.68 Å². The van der Waals surface area contributed by atoms with E-state index in [1.807, 2.05) is 25.7 Å². The second kappa shape index (κ2) is 6.40. The van der Waals surface area contributed by atoms with Gasteiger partial charge in [-0.2, -0.15) is 15.5 Å². The maximum absolute atomic E-state index is 12.1. The van der Waals surface area contributed by atoms with Crippen LogP contribution in [0.25, 0.3) is 0 Å². The Bertz CT molecular complexity index is 880. The molecule has 0 saturated heterocycles. The second-order valence-corrected chi connectivity index (χ2v) is 6.07. The molecule has 1 aliphatic rings. The highest BCUT2D eigenvalue weighted by Gasteiger charge is 2.23. The molecule has 0 spiro atoms. The van der Waals surface area contributed by atoms with Gasteiger partial charge in [0.1, 0.15) is 11.6 Å². The Morgan fingerprint density at radius 3 is 2.83 bits per heavy atom. The summed E-state index contributed by atoms with van der Waals surface area (Å²) in [5, 5.41) is 22.3. The molecule has 1 aliphatic heterocycles. The molecular weight excluding hydrogens is 304 g/mol. The van der Waals surface area contributed by atoms with Crippen molar-refractivity contribution in [3.8, 4) is 6.07 Å². The van der Waals surface area contributed by atoms with Crippen molar-refractivity contribution in [2.75, 3.05) is 11.4 Å². The zero-order valence-electron chi connectivity index (χ0n) is 14.2. The molecule has 7 heteroatoms. The lowest BCUT2D eigenvalue weighted by molar-refractivity contribution is 0.539. The van der Waals surface area contributed by atoms with Crippen LogP contribution in [0.5, 0.6) is 0 Å². The molecule has 3 rings (SSSR count). The number of hydrogen-bond acceptors (Lipinski definition) is 6. The second-order valence-electron chi connectivity index (χ2n) is 6.07. The molecule has 0 unspecified atom stereocenters. The Hall–Kier alpha value is -2.75. The van der Waals surface area contributed by atoms with Gasteiger partial charge in [-0.15, -0.1) is 5.10 Å². The minimum atomic E-state index is -0.0795. The lowest BCUT2D eigenvalue weighted by Crippen LogP contribution is -2.36. The van der Waals surface area contributed by atoms with E-state index in [-0.39, 0.29) is 5.56 Å². The summed E-state index contributed by atoms with van der Waals surface area (Å²) in [6.07, 6.45) is 1.60. The molecule has 2 aromatic rings. The van der Waals surface area contributed by atoms with Crippen LogP contribution in [0.4, 0.5) is 5.82 Å². The van der Waals surface area contributed by atoms with Gasteiger partial charge in [-0.05, 0) is 25.8 Å². The van der Waals surface area contributed by atoms with Crippen LogP contribution in [0.15, 0.2) is 10.9 Å². The number of nitrogens with zero attached hydrogens (tertiary/aromatic N) is 6. The topological polar surface area (TPSA) is 87.7 Å². The highest BCUT2D eigenvalue weighted by molar-refractivity contribution is 5.58. The van der Waals surface area contributed by atoms with E-state index < -0.39 is 0 Å². The number of rotatable bonds is 3. The summed E-state index contributed by atoms with van der Waals surface area (Å²) in [5.74, 6) is 0.587. The van der Waals surface area contributed by atoms with Gasteiger partial charge in [0, 0.05) is 37.7 Å². The van der Waals surface area contributed by atoms with Crippen molar-refractivity contribution in [1.29, 1.82) is 5.26 Å². The first kappa shape index (κ1) is 16.1. The van der Waals surface area contributed by atoms with Crippen LogP contribution >= 0.6 is 0 Å². The van der Waals surface area contributed by atoms with Crippen molar-refractivity contribution in [2.45, 2.75) is 46.7 Å². The Morgan fingerprint density at radius 1 is 1.33 bits per heavy atom. The Kier molecular flexibility index (Phi) is 4.30. The smallest absolute Gasteiger partial charge is 0.267 e. The van der Waals surface area contributed by atoms with E-state index in [1.165, 1.54) is 4.68 Å². The first-order chi connectivity index (χ1) is 11.5. The van der Waals surface area contributed by atoms with E-state index in [4.69, 9.17) is 0 Å². The van der Waals surface area contributed by atoms with Gasteiger partial charge in [0.2, 0.25) is 0 Å². The molecule has 0 radical (unpaired) electrons. The lowest BCUT2D eigenvalue weighted by Gasteiger charge is -2.29. The van der Waals surface area contributed by atoms with E-state index in [2.05, 4.69) is 21.4 Å². The highest BCUT2D eigenvalue weighted by atomic mass is 16.1. The summed E-state index contributed by atoms with van der Waals surface area (Å²) < 4.78 is 1.53. The average Bonchev–Trinajstić information content (AvgIpc) is 2.57. The maximum Gasteiger partial charge on any atom is 0.267 e. The predicted octanol–water partition coefficient (Wildman–Crippen LogP) is 1.49. The number of nitriles is 1. The van der Waals surface area contributed by atoms with Gasteiger partial charge in [-0.1, -0.05) is 6.92 Å². The molecule has 0 bridgehead atoms. The molecule has 0 N–H and O–H groups in total. The summed E-state index contributed by atoms with van der Waals surface area (Å²) in [5.41, 5.74) is 3.95.